The highest BCUT2D eigenvalue weighted by Crippen LogP contribution is 2.20. The first-order chi connectivity index (χ1) is 8.97. The van der Waals surface area contributed by atoms with Crippen LogP contribution in [0.15, 0.2) is 41.3 Å². The number of nitrogens with two attached hydrogens (primary N) is 1. The van der Waals surface area contributed by atoms with Crippen LogP contribution in [0.1, 0.15) is 19.3 Å². The van der Waals surface area contributed by atoms with Crippen LogP contribution in [0.4, 0.5) is 5.69 Å². The van der Waals surface area contributed by atoms with E-state index in [1.54, 1.807) is 0 Å². The molecule has 0 fully saturated rings. The maximum atomic E-state index is 12.0. The summed E-state index contributed by atoms with van der Waals surface area (Å²) >= 11 is 0. The summed E-state index contributed by atoms with van der Waals surface area (Å²) in [6, 6.07) is 5.84. The Hall–Kier alpha value is -1.66. The molecular formula is C13H16N2O3S. The number of allylic oxidation sites excluding steroid dienone is 2. The fourth-order valence-electron chi connectivity index (χ4n) is 2.00. The van der Waals surface area contributed by atoms with Crippen LogP contribution in [0.2, 0.25) is 0 Å². The van der Waals surface area contributed by atoms with Gasteiger partial charge in [-0.25, -0.2) is 13.6 Å². The van der Waals surface area contributed by atoms with Gasteiger partial charge in [0.05, 0.1) is 4.90 Å². The van der Waals surface area contributed by atoms with Gasteiger partial charge in [-0.2, -0.15) is 0 Å². The number of amides is 1. The number of rotatable bonds is 3. The number of carbonyl (C=O) groups excluding carboxylic acids is 1. The molecule has 1 amide bonds. The summed E-state index contributed by atoms with van der Waals surface area (Å²) in [6.07, 6.45) is 6.60. The van der Waals surface area contributed by atoms with Crippen LogP contribution in [-0.4, -0.2) is 14.3 Å². The van der Waals surface area contributed by atoms with Gasteiger partial charge in [0.1, 0.15) is 0 Å². The maximum Gasteiger partial charge on any atom is 0.238 e. The molecular weight excluding hydrogens is 264 g/mol. The second kappa shape index (κ2) is 5.54. The molecule has 0 unspecified atom stereocenters. The minimum atomic E-state index is -3.69. The van der Waals surface area contributed by atoms with Crippen LogP contribution in [0, 0.1) is 5.92 Å². The second-order valence-corrected chi connectivity index (χ2v) is 6.10. The minimum Gasteiger partial charge on any atom is -0.326 e. The fourth-order valence-corrected chi connectivity index (χ4v) is 2.52. The molecule has 1 atom stereocenters. The minimum absolute atomic E-state index is 0.0112. The van der Waals surface area contributed by atoms with E-state index in [1.807, 2.05) is 6.08 Å². The van der Waals surface area contributed by atoms with Crippen molar-refractivity contribution < 1.29 is 13.2 Å². The van der Waals surface area contributed by atoms with E-state index in [0.29, 0.717) is 5.69 Å². The van der Waals surface area contributed by atoms with Gasteiger partial charge in [0.2, 0.25) is 15.9 Å². The van der Waals surface area contributed by atoms with Gasteiger partial charge in [0.25, 0.3) is 0 Å². The largest absolute Gasteiger partial charge is 0.326 e. The first kappa shape index (κ1) is 13.8. The molecule has 0 spiro atoms. The Morgan fingerprint density at radius 2 is 1.89 bits per heavy atom. The van der Waals surface area contributed by atoms with Crippen LogP contribution >= 0.6 is 0 Å². The van der Waals surface area contributed by atoms with E-state index in [-0.39, 0.29) is 16.7 Å². The van der Waals surface area contributed by atoms with Crippen LogP contribution in [-0.2, 0) is 14.8 Å². The lowest BCUT2D eigenvalue weighted by Crippen LogP contribution is -2.23. The molecule has 19 heavy (non-hydrogen) atoms. The van der Waals surface area contributed by atoms with Crippen molar-refractivity contribution in [2.45, 2.75) is 24.2 Å². The Morgan fingerprint density at radius 1 is 1.21 bits per heavy atom. The van der Waals surface area contributed by atoms with Crippen LogP contribution < -0.4 is 10.5 Å². The predicted molar refractivity (Wildman–Crippen MR) is 72.9 cm³/mol. The third kappa shape index (κ3) is 3.65. The third-order valence-electron chi connectivity index (χ3n) is 3.09. The molecule has 102 valence electrons. The molecule has 0 aliphatic heterocycles. The lowest BCUT2D eigenvalue weighted by molar-refractivity contribution is -0.120. The van der Waals surface area contributed by atoms with Crippen molar-refractivity contribution in [2.24, 2.45) is 11.1 Å². The van der Waals surface area contributed by atoms with Crippen molar-refractivity contribution in [2.75, 3.05) is 5.32 Å². The van der Waals surface area contributed by atoms with Gasteiger partial charge in [0, 0.05) is 11.6 Å². The molecule has 0 saturated carbocycles. The van der Waals surface area contributed by atoms with Gasteiger partial charge in [-0.15, -0.1) is 0 Å². The van der Waals surface area contributed by atoms with Gasteiger partial charge in [0.15, 0.2) is 0 Å². The third-order valence-corrected chi connectivity index (χ3v) is 4.02. The van der Waals surface area contributed by atoms with Crippen molar-refractivity contribution in [3.05, 3.63) is 36.4 Å². The standard InChI is InChI=1S/C13H16N2O3S/c14-19(17,18)12-8-6-11(7-9-12)15-13(16)10-4-2-1-3-5-10/h1-2,6-10H,3-5H2,(H,15,16)(H2,14,17,18)/t10-/m1/s1. The maximum absolute atomic E-state index is 12.0. The van der Waals surface area contributed by atoms with Gasteiger partial charge < -0.3 is 5.32 Å². The van der Waals surface area contributed by atoms with Crippen molar-refractivity contribution in [3.63, 3.8) is 0 Å². The zero-order valence-corrected chi connectivity index (χ0v) is 11.2. The summed E-state index contributed by atoms with van der Waals surface area (Å²) in [6.45, 7) is 0. The molecule has 1 aliphatic rings. The fraction of sp³-hybridized carbons (Fsp3) is 0.308. The first-order valence-corrected chi connectivity index (χ1v) is 7.60. The predicted octanol–water partition coefficient (Wildman–Crippen LogP) is 1.63. The summed E-state index contributed by atoms with van der Waals surface area (Å²) in [7, 11) is -3.69. The van der Waals surface area contributed by atoms with Gasteiger partial charge in [-0.3, -0.25) is 4.79 Å². The summed E-state index contributed by atoms with van der Waals surface area (Å²) in [5.41, 5.74) is 0.576. The topological polar surface area (TPSA) is 89.3 Å². The summed E-state index contributed by atoms with van der Waals surface area (Å²) in [5, 5.41) is 7.78. The number of carbonyl (C=O) groups is 1. The molecule has 0 aromatic heterocycles. The Labute approximate surface area is 112 Å². The zero-order chi connectivity index (χ0) is 13.9. The summed E-state index contributed by atoms with van der Waals surface area (Å²) in [4.78, 5) is 12.0. The van der Waals surface area contributed by atoms with Crippen molar-refractivity contribution in [3.8, 4) is 0 Å². The number of benzene rings is 1. The first-order valence-electron chi connectivity index (χ1n) is 6.05. The smallest absolute Gasteiger partial charge is 0.238 e. The van der Waals surface area contributed by atoms with Crippen molar-refractivity contribution >= 4 is 21.6 Å². The molecule has 6 heteroatoms. The molecule has 0 saturated heterocycles. The number of hydrogen-bond acceptors (Lipinski definition) is 3. The SMILES string of the molecule is NS(=O)(=O)c1ccc(NC(=O)[C@@H]2CC=CCC2)cc1. The number of anilines is 1. The van der Waals surface area contributed by atoms with E-state index in [2.05, 4.69) is 11.4 Å². The van der Waals surface area contributed by atoms with Crippen molar-refractivity contribution in [1.82, 2.24) is 0 Å². The monoisotopic (exact) mass is 280 g/mol. The Balaban J connectivity index is 2.03. The van der Waals surface area contributed by atoms with E-state index in [9.17, 15) is 13.2 Å². The Morgan fingerprint density at radius 3 is 2.42 bits per heavy atom. The molecule has 5 nitrogen and oxygen atoms in total. The van der Waals surface area contributed by atoms with Crippen LogP contribution in [0.3, 0.4) is 0 Å². The quantitative estimate of drug-likeness (QED) is 0.825. The van der Waals surface area contributed by atoms with E-state index in [0.717, 1.165) is 19.3 Å². The van der Waals surface area contributed by atoms with E-state index in [4.69, 9.17) is 5.14 Å². The Bertz CT molecular complexity index is 591. The zero-order valence-electron chi connectivity index (χ0n) is 10.4. The second-order valence-electron chi connectivity index (χ2n) is 4.54. The van der Waals surface area contributed by atoms with Crippen LogP contribution in [0.5, 0.6) is 0 Å². The number of sulfonamides is 1. The molecule has 1 aromatic carbocycles. The highest BCUT2D eigenvalue weighted by molar-refractivity contribution is 7.89. The van der Waals surface area contributed by atoms with Gasteiger partial charge in [-0.05, 0) is 43.5 Å². The molecule has 3 N–H and O–H groups in total. The molecule has 0 bridgehead atoms. The normalized spacial score (nSPS) is 19.1. The van der Waals surface area contributed by atoms with Crippen molar-refractivity contribution in [1.29, 1.82) is 0 Å². The highest BCUT2D eigenvalue weighted by atomic mass is 32.2. The van der Waals surface area contributed by atoms with Gasteiger partial charge in [-0.1, -0.05) is 12.2 Å². The molecule has 1 aliphatic carbocycles. The lowest BCUT2D eigenvalue weighted by Gasteiger charge is -2.17. The Kier molecular flexibility index (Phi) is 4.01. The van der Waals surface area contributed by atoms with Crippen LogP contribution in [0.25, 0.3) is 0 Å². The van der Waals surface area contributed by atoms with E-state index < -0.39 is 10.0 Å². The summed E-state index contributed by atoms with van der Waals surface area (Å²) < 4.78 is 22.2. The molecule has 0 radical (unpaired) electrons. The number of primary sulfonamides is 1. The summed E-state index contributed by atoms with van der Waals surface area (Å²) in [5.74, 6) is -0.0457. The average Bonchev–Trinajstić information content (AvgIpc) is 2.39. The number of nitrogens with one attached hydrogen (secondary N) is 1. The molecule has 0 heterocycles. The van der Waals surface area contributed by atoms with E-state index >= 15 is 0 Å². The number of hydrogen-bond donors (Lipinski definition) is 2. The van der Waals surface area contributed by atoms with Gasteiger partial charge >= 0.3 is 0 Å². The average molecular weight is 280 g/mol. The lowest BCUT2D eigenvalue weighted by atomic mass is 9.93. The molecule has 2 rings (SSSR count). The highest BCUT2D eigenvalue weighted by Gasteiger charge is 2.18. The van der Waals surface area contributed by atoms with E-state index in [1.165, 1.54) is 24.3 Å². The molecule has 1 aromatic rings.